The number of nitrogens with one attached hydrogen (secondary N) is 1. The molecule has 2 heterocycles. The highest BCUT2D eigenvalue weighted by molar-refractivity contribution is 5.77. The predicted octanol–water partition coefficient (Wildman–Crippen LogP) is 2.95. The summed E-state index contributed by atoms with van der Waals surface area (Å²) in [4.78, 5) is 19.7. The van der Waals surface area contributed by atoms with Crippen LogP contribution in [0.15, 0.2) is 4.79 Å². The molecule has 0 unspecified atom stereocenters. The molecule has 0 spiro atoms. The van der Waals surface area contributed by atoms with Crippen LogP contribution in [0, 0.1) is 0 Å². The molecular weight excluding hydrogens is 240 g/mol. The van der Waals surface area contributed by atoms with Crippen LogP contribution in [0.3, 0.4) is 0 Å². The van der Waals surface area contributed by atoms with Crippen molar-refractivity contribution in [1.82, 2.24) is 19.7 Å². The van der Waals surface area contributed by atoms with E-state index >= 15 is 0 Å². The molecule has 104 valence electrons. The summed E-state index contributed by atoms with van der Waals surface area (Å²) in [7, 11) is 0. The van der Waals surface area contributed by atoms with Gasteiger partial charge in [0.25, 0.3) is 5.56 Å². The molecule has 2 aromatic rings. The SMILES string of the molecule is CC(C)c1nc2nn(C(C)C)c(C(C)C)c2c(=O)[nH]1. The predicted molar refractivity (Wildman–Crippen MR) is 76.7 cm³/mol. The van der Waals surface area contributed by atoms with E-state index in [2.05, 4.69) is 42.8 Å². The third-order valence-electron chi connectivity index (χ3n) is 3.21. The lowest BCUT2D eigenvalue weighted by Crippen LogP contribution is -2.14. The van der Waals surface area contributed by atoms with Crippen LogP contribution < -0.4 is 5.56 Å². The van der Waals surface area contributed by atoms with Gasteiger partial charge in [-0.2, -0.15) is 5.10 Å². The molecule has 0 aliphatic heterocycles. The van der Waals surface area contributed by atoms with E-state index in [1.165, 1.54) is 0 Å². The Kier molecular flexibility index (Phi) is 3.47. The number of hydrogen-bond acceptors (Lipinski definition) is 3. The van der Waals surface area contributed by atoms with Crippen molar-refractivity contribution in [2.75, 3.05) is 0 Å². The van der Waals surface area contributed by atoms with Gasteiger partial charge < -0.3 is 4.98 Å². The number of aromatic nitrogens is 4. The molecule has 19 heavy (non-hydrogen) atoms. The van der Waals surface area contributed by atoms with E-state index in [1.54, 1.807) is 0 Å². The first-order chi connectivity index (χ1) is 8.82. The summed E-state index contributed by atoms with van der Waals surface area (Å²) in [6.45, 7) is 12.3. The Hall–Kier alpha value is -1.65. The van der Waals surface area contributed by atoms with E-state index in [4.69, 9.17) is 0 Å². The zero-order chi connectivity index (χ0) is 14.3. The number of rotatable bonds is 3. The van der Waals surface area contributed by atoms with Crippen LogP contribution in [0.2, 0.25) is 0 Å². The molecule has 2 rings (SSSR count). The smallest absolute Gasteiger partial charge is 0.262 e. The molecule has 0 radical (unpaired) electrons. The van der Waals surface area contributed by atoms with Gasteiger partial charge in [0.05, 0.1) is 5.69 Å². The molecule has 5 nitrogen and oxygen atoms in total. The monoisotopic (exact) mass is 262 g/mol. The minimum Gasteiger partial charge on any atom is -0.310 e. The summed E-state index contributed by atoms with van der Waals surface area (Å²) in [5.41, 5.74) is 1.45. The minimum atomic E-state index is -0.0794. The van der Waals surface area contributed by atoms with Crippen LogP contribution in [-0.2, 0) is 0 Å². The molecule has 0 amide bonds. The maximum absolute atomic E-state index is 12.3. The van der Waals surface area contributed by atoms with E-state index in [-0.39, 0.29) is 23.4 Å². The van der Waals surface area contributed by atoms with Crippen molar-refractivity contribution in [3.8, 4) is 0 Å². The first-order valence-electron chi connectivity index (χ1n) is 6.85. The Morgan fingerprint density at radius 1 is 1.05 bits per heavy atom. The molecule has 0 aromatic carbocycles. The molecule has 0 saturated heterocycles. The van der Waals surface area contributed by atoms with E-state index in [0.29, 0.717) is 16.9 Å². The zero-order valence-electron chi connectivity index (χ0n) is 12.5. The van der Waals surface area contributed by atoms with Gasteiger partial charge in [0.1, 0.15) is 11.2 Å². The van der Waals surface area contributed by atoms with Gasteiger partial charge >= 0.3 is 0 Å². The van der Waals surface area contributed by atoms with Crippen molar-refractivity contribution in [3.63, 3.8) is 0 Å². The average Bonchev–Trinajstić information content (AvgIpc) is 2.68. The number of fused-ring (bicyclic) bond motifs is 1. The van der Waals surface area contributed by atoms with E-state index < -0.39 is 0 Å². The molecule has 0 aliphatic rings. The van der Waals surface area contributed by atoms with Crippen LogP contribution in [-0.4, -0.2) is 19.7 Å². The third kappa shape index (κ3) is 2.29. The molecule has 0 atom stereocenters. The molecule has 0 aliphatic carbocycles. The summed E-state index contributed by atoms with van der Waals surface area (Å²) >= 11 is 0. The fourth-order valence-corrected chi connectivity index (χ4v) is 2.27. The van der Waals surface area contributed by atoms with Gasteiger partial charge in [0.15, 0.2) is 5.65 Å². The molecular formula is C14H22N4O. The summed E-state index contributed by atoms with van der Waals surface area (Å²) < 4.78 is 1.92. The van der Waals surface area contributed by atoms with Crippen molar-refractivity contribution in [2.45, 2.75) is 59.4 Å². The Morgan fingerprint density at radius 2 is 1.68 bits per heavy atom. The molecule has 0 fully saturated rings. The summed E-state index contributed by atoms with van der Waals surface area (Å²) in [5, 5.41) is 5.16. The summed E-state index contributed by atoms with van der Waals surface area (Å²) in [6, 6.07) is 0.216. The van der Waals surface area contributed by atoms with Crippen molar-refractivity contribution in [2.24, 2.45) is 0 Å². The van der Waals surface area contributed by atoms with Gasteiger partial charge in [-0.05, 0) is 19.8 Å². The highest BCUT2D eigenvalue weighted by Gasteiger charge is 2.21. The number of hydrogen-bond donors (Lipinski definition) is 1. The van der Waals surface area contributed by atoms with Gasteiger partial charge in [0, 0.05) is 12.0 Å². The minimum absolute atomic E-state index is 0.0794. The Labute approximate surface area is 113 Å². The number of aromatic amines is 1. The highest BCUT2D eigenvalue weighted by atomic mass is 16.1. The maximum atomic E-state index is 12.3. The van der Waals surface area contributed by atoms with Gasteiger partial charge in [-0.1, -0.05) is 27.7 Å². The lowest BCUT2D eigenvalue weighted by molar-refractivity contribution is 0.502. The molecule has 5 heteroatoms. The highest BCUT2D eigenvalue weighted by Crippen LogP contribution is 2.25. The third-order valence-corrected chi connectivity index (χ3v) is 3.21. The van der Waals surface area contributed by atoms with Crippen LogP contribution in [0.4, 0.5) is 0 Å². The fourth-order valence-electron chi connectivity index (χ4n) is 2.27. The van der Waals surface area contributed by atoms with Crippen molar-refractivity contribution >= 4 is 11.0 Å². The van der Waals surface area contributed by atoms with Crippen molar-refractivity contribution in [3.05, 3.63) is 21.9 Å². The molecule has 2 aromatic heterocycles. The second-order valence-corrected chi connectivity index (χ2v) is 5.88. The second kappa shape index (κ2) is 4.79. The maximum Gasteiger partial charge on any atom is 0.262 e. The van der Waals surface area contributed by atoms with Gasteiger partial charge in [-0.15, -0.1) is 0 Å². The molecule has 1 N–H and O–H groups in total. The fraction of sp³-hybridized carbons (Fsp3) is 0.643. The summed E-state index contributed by atoms with van der Waals surface area (Å²) in [6.07, 6.45) is 0. The van der Waals surface area contributed by atoms with Gasteiger partial charge in [0.2, 0.25) is 0 Å². The Balaban J connectivity index is 2.84. The molecule has 0 saturated carbocycles. The largest absolute Gasteiger partial charge is 0.310 e. The number of nitrogens with zero attached hydrogens (tertiary/aromatic N) is 3. The van der Waals surface area contributed by atoms with E-state index in [9.17, 15) is 4.79 Å². The normalized spacial score (nSPS) is 12.3. The van der Waals surface area contributed by atoms with Crippen LogP contribution >= 0.6 is 0 Å². The lowest BCUT2D eigenvalue weighted by Gasteiger charge is -2.13. The first-order valence-corrected chi connectivity index (χ1v) is 6.85. The average molecular weight is 262 g/mol. The van der Waals surface area contributed by atoms with E-state index in [1.807, 2.05) is 18.5 Å². The van der Waals surface area contributed by atoms with Crippen molar-refractivity contribution < 1.29 is 0 Å². The van der Waals surface area contributed by atoms with E-state index in [0.717, 1.165) is 5.69 Å². The quantitative estimate of drug-likeness (QED) is 0.925. The van der Waals surface area contributed by atoms with Gasteiger partial charge in [-0.3, -0.25) is 9.48 Å². The summed E-state index contributed by atoms with van der Waals surface area (Å²) in [5.74, 6) is 1.12. The molecule has 0 bridgehead atoms. The Morgan fingerprint density at radius 3 is 2.16 bits per heavy atom. The first kappa shape index (κ1) is 13.8. The van der Waals surface area contributed by atoms with Crippen molar-refractivity contribution in [1.29, 1.82) is 0 Å². The number of H-pyrrole nitrogens is 1. The zero-order valence-corrected chi connectivity index (χ0v) is 12.5. The van der Waals surface area contributed by atoms with Crippen LogP contribution in [0.1, 0.15) is 70.9 Å². The lowest BCUT2D eigenvalue weighted by atomic mass is 10.1. The van der Waals surface area contributed by atoms with Crippen LogP contribution in [0.25, 0.3) is 11.0 Å². The van der Waals surface area contributed by atoms with Gasteiger partial charge in [-0.25, -0.2) is 4.98 Å². The second-order valence-electron chi connectivity index (χ2n) is 5.88. The standard InChI is InChI=1S/C14H22N4O/c1-7(2)11-10-13(17-18(11)9(5)6)15-12(8(3)4)16-14(10)19/h7-9H,1-6H3,(H,15,16,17,19). The Bertz CT molecular complexity index is 649. The van der Waals surface area contributed by atoms with Crippen LogP contribution in [0.5, 0.6) is 0 Å². The topological polar surface area (TPSA) is 63.6 Å².